The van der Waals surface area contributed by atoms with Crippen LogP contribution in [0.1, 0.15) is 38.7 Å². The van der Waals surface area contributed by atoms with Crippen molar-refractivity contribution in [2.24, 2.45) is 0 Å². The molecular weight excluding hydrogens is 282 g/mol. The fraction of sp³-hybridized carbons (Fsp3) is 0.412. The molecule has 1 unspecified atom stereocenters. The minimum atomic E-state index is -1.02. The molecule has 0 aromatic heterocycles. The van der Waals surface area contributed by atoms with Gasteiger partial charge in [-0.2, -0.15) is 0 Å². The molecule has 0 spiro atoms. The van der Waals surface area contributed by atoms with Gasteiger partial charge >= 0.3 is 5.97 Å². The van der Waals surface area contributed by atoms with Crippen molar-refractivity contribution < 1.29 is 19.4 Å². The van der Waals surface area contributed by atoms with Crippen LogP contribution in [0.4, 0.5) is 0 Å². The zero-order valence-electron chi connectivity index (χ0n) is 13.0. The molecule has 0 aliphatic heterocycles. The van der Waals surface area contributed by atoms with Crippen molar-refractivity contribution >= 4 is 18.0 Å². The number of carboxylic acids is 1. The number of carboxylic acid groups (broad SMARTS) is 1. The van der Waals surface area contributed by atoms with Gasteiger partial charge in [0.05, 0.1) is 6.61 Å². The van der Waals surface area contributed by atoms with E-state index in [4.69, 9.17) is 9.84 Å². The third-order valence-corrected chi connectivity index (χ3v) is 2.99. The molecule has 1 atom stereocenters. The van der Waals surface area contributed by atoms with Gasteiger partial charge in [-0.3, -0.25) is 4.79 Å². The predicted octanol–water partition coefficient (Wildman–Crippen LogP) is 2.86. The maximum absolute atomic E-state index is 11.8. The quantitative estimate of drug-likeness (QED) is 0.688. The summed E-state index contributed by atoms with van der Waals surface area (Å²) < 4.78 is 5.60. The van der Waals surface area contributed by atoms with Crippen LogP contribution < -0.4 is 10.1 Å². The number of para-hydroxylation sites is 1. The summed E-state index contributed by atoms with van der Waals surface area (Å²) in [5.41, 5.74) is 0.786. The van der Waals surface area contributed by atoms with E-state index in [1.54, 1.807) is 6.08 Å². The molecule has 0 aliphatic rings. The van der Waals surface area contributed by atoms with Crippen LogP contribution in [0.25, 0.3) is 6.08 Å². The second kappa shape index (κ2) is 9.60. The first-order valence-electron chi connectivity index (χ1n) is 7.51. The Kier molecular flexibility index (Phi) is 7.75. The Morgan fingerprint density at radius 2 is 2.00 bits per heavy atom. The summed E-state index contributed by atoms with van der Waals surface area (Å²) in [5, 5.41) is 11.5. The van der Waals surface area contributed by atoms with Crippen LogP contribution in [0.15, 0.2) is 30.3 Å². The fourth-order valence-electron chi connectivity index (χ4n) is 1.89. The van der Waals surface area contributed by atoms with Crippen molar-refractivity contribution in [3.05, 3.63) is 35.9 Å². The normalized spacial score (nSPS) is 12.1. The molecule has 2 N–H and O–H groups in total. The van der Waals surface area contributed by atoms with Crippen LogP contribution in [0.5, 0.6) is 5.75 Å². The second-order valence-electron chi connectivity index (χ2n) is 4.91. The van der Waals surface area contributed by atoms with E-state index in [-0.39, 0.29) is 0 Å². The van der Waals surface area contributed by atoms with Crippen molar-refractivity contribution in [1.29, 1.82) is 0 Å². The van der Waals surface area contributed by atoms with E-state index in [2.05, 4.69) is 5.32 Å². The Morgan fingerprint density at radius 3 is 2.64 bits per heavy atom. The van der Waals surface area contributed by atoms with E-state index in [1.807, 2.05) is 38.1 Å². The third kappa shape index (κ3) is 5.99. The van der Waals surface area contributed by atoms with Gasteiger partial charge in [0.15, 0.2) is 0 Å². The van der Waals surface area contributed by atoms with Crippen LogP contribution in [0.3, 0.4) is 0 Å². The zero-order chi connectivity index (χ0) is 16.4. The Bertz CT molecular complexity index is 525. The highest BCUT2D eigenvalue weighted by atomic mass is 16.5. The van der Waals surface area contributed by atoms with Gasteiger partial charge in [-0.25, -0.2) is 4.79 Å². The highest BCUT2D eigenvalue weighted by Gasteiger charge is 2.17. The molecule has 1 aromatic rings. The molecule has 0 saturated heterocycles. The van der Waals surface area contributed by atoms with E-state index in [0.29, 0.717) is 25.2 Å². The molecule has 5 nitrogen and oxygen atoms in total. The van der Waals surface area contributed by atoms with Crippen molar-refractivity contribution in [1.82, 2.24) is 5.32 Å². The van der Waals surface area contributed by atoms with Crippen LogP contribution in [-0.2, 0) is 9.59 Å². The number of amides is 1. The van der Waals surface area contributed by atoms with Gasteiger partial charge in [0.1, 0.15) is 11.8 Å². The summed E-state index contributed by atoms with van der Waals surface area (Å²) in [7, 11) is 0. The monoisotopic (exact) mass is 305 g/mol. The SMILES string of the molecule is CCCOc1ccccc1/C=C/C(=O)NC(CCC)C(=O)O. The zero-order valence-corrected chi connectivity index (χ0v) is 13.0. The van der Waals surface area contributed by atoms with E-state index in [1.165, 1.54) is 6.08 Å². The molecule has 1 aromatic carbocycles. The maximum atomic E-state index is 11.8. The van der Waals surface area contributed by atoms with Gasteiger partial charge in [0.25, 0.3) is 0 Å². The fourth-order valence-corrected chi connectivity index (χ4v) is 1.89. The summed E-state index contributed by atoms with van der Waals surface area (Å²) in [6.07, 6.45) is 4.96. The molecule has 1 rings (SSSR count). The maximum Gasteiger partial charge on any atom is 0.326 e. The van der Waals surface area contributed by atoms with Crippen LogP contribution in [0.2, 0.25) is 0 Å². The first-order valence-corrected chi connectivity index (χ1v) is 7.51. The molecule has 5 heteroatoms. The van der Waals surface area contributed by atoms with Crippen LogP contribution in [0, 0.1) is 0 Å². The lowest BCUT2D eigenvalue weighted by Gasteiger charge is -2.11. The number of nitrogens with one attached hydrogen (secondary N) is 1. The number of ether oxygens (including phenoxy) is 1. The molecule has 0 heterocycles. The average Bonchev–Trinajstić information content (AvgIpc) is 2.51. The molecule has 0 saturated carbocycles. The van der Waals surface area contributed by atoms with E-state index >= 15 is 0 Å². The minimum absolute atomic E-state index is 0.408. The third-order valence-electron chi connectivity index (χ3n) is 2.99. The molecule has 120 valence electrons. The molecule has 22 heavy (non-hydrogen) atoms. The number of hydrogen-bond acceptors (Lipinski definition) is 3. The number of carbonyl (C=O) groups is 2. The highest BCUT2D eigenvalue weighted by molar-refractivity contribution is 5.94. The highest BCUT2D eigenvalue weighted by Crippen LogP contribution is 2.19. The van der Waals surface area contributed by atoms with Gasteiger partial charge in [-0.15, -0.1) is 0 Å². The van der Waals surface area contributed by atoms with Gasteiger partial charge in [-0.05, 0) is 25.0 Å². The van der Waals surface area contributed by atoms with Gasteiger partial charge in [-0.1, -0.05) is 38.5 Å². The van der Waals surface area contributed by atoms with E-state index in [9.17, 15) is 9.59 Å². The second-order valence-corrected chi connectivity index (χ2v) is 4.91. The smallest absolute Gasteiger partial charge is 0.326 e. The predicted molar refractivity (Wildman–Crippen MR) is 85.7 cm³/mol. The number of benzene rings is 1. The summed E-state index contributed by atoms with van der Waals surface area (Å²) >= 11 is 0. The lowest BCUT2D eigenvalue weighted by Crippen LogP contribution is -2.39. The molecule has 0 bridgehead atoms. The van der Waals surface area contributed by atoms with Crippen molar-refractivity contribution in [3.63, 3.8) is 0 Å². The molecule has 0 fully saturated rings. The first-order chi connectivity index (χ1) is 10.6. The number of aliphatic carboxylic acids is 1. The van der Waals surface area contributed by atoms with Gasteiger partial charge in [0.2, 0.25) is 5.91 Å². The minimum Gasteiger partial charge on any atom is -0.493 e. The standard InChI is InChI=1S/C17H23NO4/c1-3-7-14(17(20)21)18-16(19)11-10-13-8-5-6-9-15(13)22-12-4-2/h5-6,8-11,14H,3-4,7,12H2,1-2H3,(H,18,19)(H,20,21)/b11-10+. The lowest BCUT2D eigenvalue weighted by molar-refractivity contribution is -0.141. The number of hydrogen-bond donors (Lipinski definition) is 2. The number of carbonyl (C=O) groups excluding carboxylic acids is 1. The Balaban J connectivity index is 2.71. The van der Waals surface area contributed by atoms with E-state index < -0.39 is 17.9 Å². The van der Waals surface area contributed by atoms with Crippen molar-refractivity contribution in [2.75, 3.05) is 6.61 Å². The van der Waals surface area contributed by atoms with Crippen molar-refractivity contribution in [3.8, 4) is 5.75 Å². The first kappa shape index (κ1) is 17.8. The van der Waals surface area contributed by atoms with Crippen LogP contribution >= 0.6 is 0 Å². The lowest BCUT2D eigenvalue weighted by atomic mass is 10.1. The van der Waals surface area contributed by atoms with Crippen LogP contribution in [-0.4, -0.2) is 29.6 Å². The van der Waals surface area contributed by atoms with Crippen molar-refractivity contribution in [2.45, 2.75) is 39.2 Å². The van der Waals surface area contributed by atoms with Gasteiger partial charge < -0.3 is 15.2 Å². The largest absolute Gasteiger partial charge is 0.493 e. The average molecular weight is 305 g/mol. The Labute approximate surface area is 131 Å². The van der Waals surface area contributed by atoms with Gasteiger partial charge in [0, 0.05) is 11.6 Å². The molecular formula is C17H23NO4. The summed E-state index contributed by atoms with van der Waals surface area (Å²) in [6, 6.07) is 6.55. The van der Waals surface area contributed by atoms with E-state index in [0.717, 1.165) is 12.0 Å². The summed E-state index contributed by atoms with van der Waals surface area (Å²) in [4.78, 5) is 22.8. The summed E-state index contributed by atoms with van der Waals surface area (Å²) in [6.45, 7) is 4.50. The Morgan fingerprint density at radius 1 is 1.27 bits per heavy atom. The topological polar surface area (TPSA) is 75.6 Å². The summed E-state index contributed by atoms with van der Waals surface area (Å²) in [5.74, 6) is -0.738. The Hall–Kier alpha value is -2.30. The molecule has 1 amide bonds. The molecule has 0 aliphatic carbocycles. The molecule has 0 radical (unpaired) electrons. The number of rotatable bonds is 9.